The first-order chi connectivity index (χ1) is 15.5. The number of benzene rings is 1. The second-order valence-electron chi connectivity index (χ2n) is 8.91. The number of carbonyl (C=O) groups excluding carboxylic acids is 1. The number of nitrogens with zero attached hydrogens (tertiary/aromatic N) is 4. The number of unbranched alkanes of at least 4 members (excludes halogenated alkanes) is 1. The summed E-state index contributed by atoms with van der Waals surface area (Å²) in [6.45, 7) is 2.04. The highest BCUT2D eigenvalue weighted by molar-refractivity contribution is 7.99. The quantitative estimate of drug-likeness (QED) is 0.357. The summed E-state index contributed by atoms with van der Waals surface area (Å²) in [5.41, 5.74) is 8.04. The summed E-state index contributed by atoms with van der Waals surface area (Å²) in [6, 6.07) is 4.80. The molecule has 3 heterocycles. The summed E-state index contributed by atoms with van der Waals surface area (Å²) >= 11 is 1.61. The first kappa shape index (κ1) is 21.6. The van der Waals surface area contributed by atoms with Gasteiger partial charge in [0.15, 0.2) is 0 Å². The molecule has 2 aromatic rings. The number of hydrogen-bond donors (Lipinski definition) is 2. The van der Waals surface area contributed by atoms with Gasteiger partial charge in [0.25, 0.3) is 0 Å². The number of aromatic nitrogens is 2. The van der Waals surface area contributed by atoms with Gasteiger partial charge in [-0.25, -0.2) is 14.4 Å². The van der Waals surface area contributed by atoms with E-state index in [2.05, 4.69) is 9.88 Å². The van der Waals surface area contributed by atoms with Crippen molar-refractivity contribution in [1.82, 2.24) is 9.97 Å². The molecule has 3 N–H and O–H groups in total. The predicted octanol–water partition coefficient (Wildman–Crippen LogP) is 2.60. The number of rotatable bonds is 8. The highest BCUT2D eigenvalue weighted by Crippen LogP contribution is 2.57. The lowest BCUT2D eigenvalue weighted by atomic mass is 9.98. The zero-order valence-corrected chi connectivity index (χ0v) is 18.8. The van der Waals surface area contributed by atoms with Crippen LogP contribution in [0.15, 0.2) is 29.4 Å². The molecule has 32 heavy (non-hydrogen) atoms. The molecule has 1 atom stereocenters. The maximum atomic E-state index is 14.0. The minimum absolute atomic E-state index is 0.0453. The molecule has 1 spiro atoms. The number of aliphatic hydroxyl groups excluding tert-OH is 1. The van der Waals surface area contributed by atoms with Gasteiger partial charge >= 0.3 is 0 Å². The Balaban J connectivity index is 1.43. The number of amides is 1. The number of halogens is 1. The summed E-state index contributed by atoms with van der Waals surface area (Å²) < 4.78 is 14.0. The van der Waals surface area contributed by atoms with Gasteiger partial charge in [0.05, 0.1) is 17.6 Å². The van der Waals surface area contributed by atoms with Crippen molar-refractivity contribution in [2.75, 3.05) is 35.2 Å². The van der Waals surface area contributed by atoms with E-state index in [0.29, 0.717) is 18.2 Å². The van der Waals surface area contributed by atoms with Gasteiger partial charge < -0.3 is 20.6 Å². The van der Waals surface area contributed by atoms with Crippen LogP contribution in [-0.4, -0.2) is 52.5 Å². The highest BCUT2D eigenvalue weighted by atomic mass is 32.2. The highest BCUT2D eigenvalue weighted by Gasteiger charge is 2.59. The molecule has 0 bridgehead atoms. The molecule has 1 aromatic heterocycles. The predicted molar refractivity (Wildman–Crippen MR) is 122 cm³/mol. The van der Waals surface area contributed by atoms with E-state index in [-0.39, 0.29) is 24.4 Å². The minimum Gasteiger partial charge on any atom is -0.396 e. The maximum absolute atomic E-state index is 14.0. The van der Waals surface area contributed by atoms with Gasteiger partial charge in [-0.3, -0.25) is 4.79 Å². The normalized spacial score (nSPS) is 21.0. The standard InChI is InChI=1S/C23H28FN5O2S/c24-16-3-4-18-19(11-16)29(21(31)23(18)6-7-23)13-15-12-26-22(28-8-5-17(25)14-28)27-20(15)32-10-2-1-9-30/h3-4,11-12,17,30H,1-2,5-10,13-14,25H2. The molecular formula is C23H28FN5O2S. The van der Waals surface area contributed by atoms with Gasteiger partial charge in [-0.05, 0) is 55.6 Å². The van der Waals surface area contributed by atoms with Crippen LogP contribution >= 0.6 is 11.8 Å². The minimum atomic E-state index is -0.468. The van der Waals surface area contributed by atoms with Crippen LogP contribution in [0.2, 0.25) is 0 Å². The van der Waals surface area contributed by atoms with Gasteiger partial charge in [-0.2, -0.15) is 0 Å². The van der Waals surface area contributed by atoms with E-state index in [1.54, 1.807) is 28.9 Å². The number of carbonyl (C=O) groups is 1. The lowest BCUT2D eigenvalue weighted by molar-refractivity contribution is -0.120. The van der Waals surface area contributed by atoms with Crippen molar-refractivity contribution in [1.29, 1.82) is 0 Å². The Hall–Kier alpha value is -2.23. The summed E-state index contributed by atoms with van der Waals surface area (Å²) in [7, 11) is 0. The zero-order valence-electron chi connectivity index (χ0n) is 18.0. The van der Waals surface area contributed by atoms with Crippen LogP contribution < -0.4 is 15.5 Å². The third-order valence-electron chi connectivity index (χ3n) is 6.61. The van der Waals surface area contributed by atoms with Crippen molar-refractivity contribution in [3.8, 4) is 0 Å². The van der Waals surface area contributed by atoms with Crippen LogP contribution in [0.4, 0.5) is 16.0 Å². The fourth-order valence-electron chi connectivity index (χ4n) is 4.67. The maximum Gasteiger partial charge on any atom is 0.238 e. The fourth-order valence-corrected chi connectivity index (χ4v) is 5.66. The molecule has 0 radical (unpaired) electrons. The molecule has 2 fully saturated rings. The fraction of sp³-hybridized carbons (Fsp3) is 0.522. The number of hydrogen-bond acceptors (Lipinski definition) is 7. The first-order valence-corrected chi connectivity index (χ1v) is 12.2. The molecule has 9 heteroatoms. The molecule has 1 aromatic carbocycles. The van der Waals surface area contributed by atoms with Crippen molar-refractivity contribution in [2.24, 2.45) is 5.73 Å². The number of anilines is 2. The van der Waals surface area contributed by atoms with E-state index in [0.717, 1.165) is 67.1 Å². The van der Waals surface area contributed by atoms with Crippen LogP contribution in [0.1, 0.15) is 43.2 Å². The summed E-state index contributed by atoms with van der Waals surface area (Å²) in [5, 5.41) is 9.92. The van der Waals surface area contributed by atoms with E-state index in [9.17, 15) is 9.18 Å². The number of aliphatic hydroxyl groups is 1. The third kappa shape index (κ3) is 3.86. The number of fused-ring (bicyclic) bond motifs is 2. The van der Waals surface area contributed by atoms with Crippen molar-refractivity contribution in [3.63, 3.8) is 0 Å². The largest absolute Gasteiger partial charge is 0.396 e. The molecule has 2 aliphatic heterocycles. The molecular weight excluding hydrogens is 429 g/mol. The average Bonchev–Trinajstić information content (AvgIpc) is 3.43. The van der Waals surface area contributed by atoms with Crippen LogP contribution in [0.3, 0.4) is 0 Å². The lowest BCUT2D eigenvalue weighted by Gasteiger charge is -2.21. The number of nitrogens with two attached hydrogens (primary N) is 1. The van der Waals surface area contributed by atoms with Gasteiger partial charge in [-0.15, -0.1) is 11.8 Å². The van der Waals surface area contributed by atoms with Gasteiger partial charge in [0.1, 0.15) is 10.8 Å². The second kappa shape index (κ2) is 8.61. The van der Waals surface area contributed by atoms with Gasteiger partial charge in [0, 0.05) is 37.5 Å². The zero-order chi connectivity index (χ0) is 22.3. The van der Waals surface area contributed by atoms with E-state index >= 15 is 0 Å². The molecule has 1 unspecified atom stereocenters. The molecule has 1 saturated carbocycles. The van der Waals surface area contributed by atoms with Gasteiger partial charge in [0.2, 0.25) is 11.9 Å². The molecule has 1 amide bonds. The first-order valence-electron chi connectivity index (χ1n) is 11.2. The van der Waals surface area contributed by atoms with Crippen molar-refractivity contribution < 1.29 is 14.3 Å². The molecule has 1 saturated heterocycles. The van der Waals surface area contributed by atoms with Crippen LogP contribution in [0.25, 0.3) is 0 Å². The third-order valence-corrected chi connectivity index (χ3v) is 7.73. The molecule has 170 valence electrons. The van der Waals surface area contributed by atoms with E-state index < -0.39 is 5.41 Å². The Morgan fingerprint density at radius 3 is 2.88 bits per heavy atom. The monoisotopic (exact) mass is 457 g/mol. The van der Waals surface area contributed by atoms with Gasteiger partial charge in [-0.1, -0.05) is 6.07 Å². The Kier molecular flexibility index (Phi) is 5.81. The summed E-state index contributed by atoms with van der Waals surface area (Å²) in [6.07, 6.45) is 5.94. The van der Waals surface area contributed by atoms with Crippen molar-refractivity contribution >= 4 is 29.3 Å². The average molecular weight is 458 g/mol. The lowest BCUT2D eigenvalue weighted by Crippen LogP contribution is -2.32. The topological polar surface area (TPSA) is 95.6 Å². The Bertz CT molecular complexity index is 1030. The molecule has 3 aliphatic rings. The van der Waals surface area contributed by atoms with E-state index in [1.165, 1.54) is 12.1 Å². The van der Waals surface area contributed by atoms with Crippen molar-refractivity contribution in [3.05, 3.63) is 41.3 Å². The SMILES string of the molecule is NC1CCN(c2ncc(CN3C(=O)C4(CC4)c4ccc(F)cc43)c(SCCCCO)n2)C1. The summed E-state index contributed by atoms with van der Waals surface area (Å²) in [5.74, 6) is 1.18. The molecule has 1 aliphatic carbocycles. The Morgan fingerprint density at radius 2 is 2.16 bits per heavy atom. The molecule has 5 rings (SSSR count). The van der Waals surface area contributed by atoms with E-state index in [1.807, 2.05) is 0 Å². The second-order valence-corrected chi connectivity index (χ2v) is 9.99. The molecule has 7 nitrogen and oxygen atoms in total. The van der Waals surface area contributed by atoms with E-state index in [4.69, 9.17) is 15.8 Å². The summed E-state index contributed by atoms with van der Waals surface area (Å²) in [4.78, 5) is 26.5. The van der Waals surface area contributed by atoms with Crippen LogP contribution in [-0.2, 0) is 16.8 Å². The number of thioether (sulfide) groups is 1. The van der Waals surface area contributed by atoms with Crippen molar-refractivity contribution in [2.45, 2.75) is 55.1 Å². The Labute approximate surface area is 191 Å². The van der Waals surface area contributed by atoms with Crippen LogP contribution in [0, 0.1) is 5.82 Å². The Morgan fingerprint density at radius 1 is 1.31 bits per heavy atom. The smallest absolute Gasteiger partial charge is 0.238 e. The van der Waals surface area contributed by atoms with Crippen LogP contribution in [0.5, 0.6) is 0 Å².